The number of piperidine rings is 1. The molecule has 0 aromatic heterocycles. The van der Waals surface area contributed by atoms with Gasteiger partial charge in [0.05, 0.1) is 30.3 Å². The first-order valence-electron chi connectivity index (χ1n) is 10.5. The Morgan fingerprint density at radius 2 is 1.52 bits per heavy atom. The van der Waals surface area contributed by atoms with Crippen LogP contribution < -0.4 is 0 Å². The molecule has 0 saturated carbocycles. The van der Waals surface area contributed by atoms with Crippen molar-refractivity contribution in [1.29, 1.82) is 0 Å². The zero-order chi connectivity index (χ0) is 24.0. The maximum atomic E-state index is 13.1. The van der Waals surface area contributed by atoms with Gasteiger partial charge in [-0.25, -0.2) is 0 Å². The number of benzene rings is 1. The van der Waals surface area contributed by atoms with Gasteiger partial charge in [-0.1, -0.05) is 0 Å². The smallest absolute Gasteiger partial charge is 0.347 e. The normalized spacial score (nSPS) is 23.6. The van der Waals surface area contributed by atoms with Crippen molar-refractivity contribution in [2.24, 2.45) is 5.92 Å². The summed E-state index contributed by atoms with van der Waals surface area (Å²) in [7, 11) is 0. The van der Waals surface area contributed by atoms with E-state index in [2.05, 4.69) is 0 Å². The standard InChI is InChI=1S/C21H22F6N2O4/c22-20(23,24)15-7-13(8-16(10-15)21(25,26)27)11-29-12-14(9-17(29)30)18(31)28-3-1-19(2-4-28)32-5-6-33-19/h7-8,10,14H,1-6,9,11-12H2/t14-/m1/s1. The number of rotatable bonds is 3. The average Bonchev–Trinajstić information content (AvgIpc) is 3.33. The summed E-state index contributed by atoms with van der Waals surface area (Å²) in [6.45, 7) is 1.24. The Morgan fingerprint density at radius 1 is 0.970 bits per heavy atom. The summed E-state index contributed by atoms with van der Waals surface area (Å²) in [6, 6.07) is 1.25. The summed E-state index contributed by atoms with van der Waals surface area (Å²) in [4.78, 5) is 28.0. The van der Waals surface area contributed by atoms with Gasteiger partial charge in [0.25, 0.3) is 0 Å². The van der Waals surface area contributed by atoms with Gasteiger partial charge in [0, 0.05) is 45.4 Å². The molecule has 0 aliphatic carbocycles. The van der Waals surface area contributed by atoms with Crippen LogP contribution in [0.15, 0.2) is 18.2 Å². The molecule has 3 aliphatic rings. The van der Waals surface area contributed by atoms with Gasteiger partial charge in [-0.3, -0.25) is 9.59 Å². The van der Waals surface area contributed by atoms with Gasteiger partial charge in [0.1, 0.15) is 0 Å². The Hall–Kier alpha value is -2.34. The molecule has 0 radical (unpaired) electrons. The lowest BCUT2D eigenvalue weighted by Gasteiger charge is -2.38. The van der Waals surface area contributed by atoms with Crippen molar-refractivity contribution in [1.82, 2.24) is 9.80 Å². The first-order chi connectivity index (χ1) is 15.4. The highest BCUT2D eigenvalue weighted by molar-refractivity contribution is 5.89. The number of halogens is 6. The number of carbonyl (C=O) groups is 2. The highest BCUT2D eigenvalue weighted by atomic mass is 19.4. The summed E-state index contributed by atoms with van der Waals surface area (Å²) in [5.74, 6) is -2.13. The minimum absolute atomic E-state index is 0.0442. The first kappa shape index (κ1) is 23.8. The van der Waals surface area contributed by atoms with Crippen molar-refractivity contribution < 1.29 is 45.4 Å². The van der Waals surface area contributed by atoms with Crippen LogP contribution in [0.5, 0.6) is 0 Å². The van der Waals surface area contributed by atoms with E-state index in [0.29, 0.717) is 51.3 Å². The van der Waals surface area contributed by atoms with E-state index in [1.807, 2.05) is 0 Å². The third-order valence-electron chi connectivity index (χ3n) is 6.24. The topological polar surface area (TPSA) is 59.1 Å². The molecule has 33 heavy (non-hydrogen) atoms. The van der Waals surface area contributed by atoms with E-state index in [0.717, 1.165) is 4.90 Å². The third-order valence-corrected chi connectivity index (χ3v) is 6.24. The van der Waals surface area contributed by atoms with Crippen LogP contribution in [0.4, 0.5) is 26.3 Å². The molecule has 3 fully saturated rings. The fourth-order valence-electron chi connectivity index (χ4n) is 4.53. The first-order valence-corrected chi connectivity index (χ1v) is 10.5. The van der Waals surface area contributed by atoms with Crippen molar-refractivity contribution in [3.8, 4) is 0 Å². The molecule has 0 N–H and O–H groups in total. The van der Waals surface area contributed by atoms with E-state index in [4.69, 9.17) is 9.47 Å². The minimum Gasteiger partial charge on any atom is -0.347 e. The van der Waals surface area contributed by atoms with E-state index >= 15 is 0 Å². The van der Waals surface area contributed by atoms with Crippen molar-refractivity contribution >= 4 is 11.8 Å². The largest absolute Gasteiger partial charge is 0.416 e. The Bertz CT molecular complexity index is 884. The monoisotopic (exact) mass is 480 g/mol. The maximum absolute atomic E-state index is 13.1. The minimum atomic E-state index is -4.97. The van der Waals surface area contributed by atoms with E-state index < -0.39 is 47.6 Å². The molecule has 1 aromatic rings. The molecular formula is C21H22F6N2O4. The molecule has 0 bridgehead atoms. The zero-order valence-electron chi connectivity index (χ0n) is 17.5. The van der Waals surface area contributed by atoms with Crippen LogP contribution in [-0.2, 0) is 38.0 Å². The van der Waals surface area contributed by atoms with Crippen LogP contribution in [0, 0.1) is 5.92 Å². The van der Waals surface area contributed by atoms with Crippen LogP contribution in [0.3, 0.4) is 0 Å². The number of amides is 2. The van der Waals surface area contributed by atoms with E-state index in [9.17, 15) is 35.9 Å². The predicted molar refractivity (Wildman–Crippen MR) is 100 cm³/mol. The van der Waals surface area contributed by atoms with Gasteiger partial charge in [0.15, 0.2) is 5.79 Å². The fourth-order valence-corrected chi connectivity index (χ4v) is 4.53. The lowest BCUT2D eigenvalue weighted by Crippen LogP contribution is -2.49. The number of nitrogens with zero attached hydrogens (tertiary/aromatic N) is 2. The van der Waals surface area contributed by atoms with Crippen molar-refractivity contribution in [3.05, 3.63) is 34.9 Å². The lowest BCUT2D eigenvalue weighted by molar-refractivity contribution is -0.188. The molecule has 0 unspecified atom stereocenters. The number of alkyl halides is 6. The second-order valence-electron chi connectivity index (χ2n) is 8.52. The van der Waals surface area contributed by atoms with Gasteiger partial charge in [0.2, 0.25) is 11.8 Å². The van der Waals surface area contributed by atoms with Gasteiger partial charge in [-0.15, -0.1) is 0 Å². The summed E-state index contributed by atoms with van der Waals surface area (Å²) < 4.78 is 89.8. The van der Waals surface area contributed by atoms with E-state index in [-0.39, 0.29) is 30.5 Å². The molecule has 3 heterocycles. The van der Waals surface area contributed by atoms with Crippen LogP contribution in [0.25, 0.3) is 0 Å². The molecule has 2 amide bonds. The Labute approximate surface area is 185 Å². The second-order valence-corrected chi connectivity index (χ2v) is 8.52. The van der Waals surface area contributed by atoms with Gasteiger partial charge >= 0.3 is 12.4 Å². The summed E-state index contributed by atoms with van der Waals surface area (Å²) in [5.41, 5.74) is -3.18. The Balaban J connectivity index is 1.43. The number of hydrogen-bond donors (Lipinski definition) is 0. The second kappa shape index (κ2) is 8.46. The molecular weight excluding hydrogens is 458 g/mol. The summed E-state index contributed by atoms with van der Waals surface area (Å²) in [5, 5.41) is 0. The fraction of sp³-hybridized carbons (Fsp3) is 0.619. The van der Waals surface area contributed by atoms with Gasteiger partial charge < -0.3 is 19.3 Å². The maximum Gasteiger partial charge on any atom is 0.416 e. The predicted octanol–water partition coefficient (Wildman–Crippen LogP) is 3.44. The number of likely N-dealkylation sites (tertiary alicyclic amines) is 2. The molecule has 3 aliphatic heterocycles. The van der Waals surface area contributed by atoms with Crippen LogP contribution in [0.1, 0.15) is 36.0 Å². The molecule has 1 atom stereocenters. The quantitative estimate of drug-likeness (QED) is 0.623. The summed E-state index contributed by atoms with van der Waals surface area (Å²) in [6.07, 6.45) is -9.09. The highest BCUT2D eigenvalue weighted by Gasteiger charge is 2.44. The Morgan fingerprint density at radius 3 is 2.03 bits per heavy atom. The molecule has 6 nitrogen and oxygen atoms in total. The lowest BCUT2D eigenvalue weighted by atomic mass is 10.0. The molecule has 3 saturated heterocycles. The number of ether oxygens (including phenoxy) is 2. The van der Waals surface area contributed by atoms with Gasteiger partial charge in [-0.2, -0.15) is 26.3 Å². The van der Waals surface area contributed by atoms with Gasteiger partial charge in [-0.05, 0) is 23.8 Å². The van der Waals surface area contributed by atoms with E-state index in [1.165, 1.54) is 0 Å². The molecule has 182 valence electrons. The SMILES string of the molecule is O=C1C[C@@H](C(=O)N2CCC3(CC2)OCCO3)CN1Cc1cc(C(F)(F)F)cc(C(F)(F)F)c1. The van der Waals surface area contributed by atoms with E-state index in [1.54, 1.807) is 4.90 Å². The molecule has 12 heteroatoms. The van der Waals surface area contributed by atoms with Crippen LogP contribution >= 0.6 is 0 Å². The summed E-state index contributed by atoms with van der Waals surface area (Å²) >= 11 is 0. The van der Waals surface area contributed by atoms with Crippen molar-refractivity contribution in [3.63, 3.8) is 0 Å². The molecule has 1 spiro atoms. The molecule has 1 aromatic carbocycles. The zero-order valence-corrected chi connectivity index (χ0v) is 17.5. The number of carbonyl (C=O) groups excluding carboxylic acids is 2. The highest BCUT2D eigenvalue weighted by Crippen LogP contribution is 2.37. The third kappa shape index (κ3) is 5.11. The van der Waals surface area contributed by atoms with Crippen LogP contribution in [-0.4, -0.2) is 60.2 Å². The molecule has 4 rings (SSSR count). The Kier molecular flexibility index (Phi) is 6.10. The number of hydrogen-bond acceptors (Lipinski definition) is 4. The van der Waals surface area contributed by atoms with Crippen LogP contribution in [0.2, 0.25) is 0 Å². The van der Waals surface area contributed by atoms with Crippen molar-refractivity contribution in [2.75, 3.05) is 32.8 Å². The average molecular weight is 480 g/mol. The van der Waals surface area contributed by atoms with Crippen molar-refractivity contribution in [2.45, 2.75) is 43.9 Å².